The summed E-state index contributed by atoms with van der Waals surface area (Å²) in [5, 5.41) is 8.98. The molecule has 4 rings (SSSR count). The van der Waals surface area contributed by atoms with Crippen LogP contribution in [-0.4, -0.2) is 62.1 Å². The molecular formula is C16H18F2N8O. The molecule has 0 amide bonds. The largest absolute Gasteiger partial charge is 0.367 e. The fourth-order valence-corrected chi connectivity index (χ4v) is 3.24. The first-order valence-corrected chi connectivity index (χ1v) is 8.51. The second-order valence-corrected chi connectivity index (χ2v) is 6.30. The van der Waals surface area contributed by atoms with Gasteiger partial charge in [0, 0.05) is 39.3 Å². The van der Waals surface area contributed by atoms with E-state index >= 15 is 0 Å². The van der Waals surface area contributed by atoms with Crippen molar-refractivity contribution in [3.8, 4) is 0 Å². The van der Waals surface area contributed by atoms with E-state index in [-0.39, 0.29) is 0 Å². The number of aromatic nitrogens is 6. The van der Waals surface area contributed by atoms with Gasteiger partial charge in [0.2, 0.25) is 0 Å². The summed E-state index contributed by atoms with van der Waals surface area (Å²) in [6.07, 6.45) is 2.13. The monoisotopic (exact) mass is 376 g/mol. The minimum atomic E-state index is -2.61. The molecule has 11 heteroatoms. The molecule has 0 atom stereocenters. The Bertz CT molecular complexity index is 1010. The van der Waals surface area contributed by atoms with E-state index in [1.165, 1.54) is 18.6 Å². The zero-order valence-corrected chi connectivity index (χ0v) is 14.7. The molecule has 0 aliphatic carbocycles. The molecule has 1 aliphatic heterocycles. The average molecular weight is 376 g/mol. The maximum Gasteiger partial charge on any atom is 0.269 e. The first-order chi connectivity index (χ1) is 13.0. The Kier molecular flexibility index (Phi) is 4.42. The molecule has 0 aromatic carbocycles. The highest BCUT2D eigenvalue weighted by Gasteiger charge is 2.22. The molecule has 0 radical (unpaired) electrons. The van der Waals surface area contributed by atoms with Gasteiger partial charge in [0.25, 0.3) is 12.0 Å². The number of anilines is 2. The van der Waals surface area contributed by atoms with E-state index in [4.69, 9.17) is 0 Å². The molecule has 1 fully saturated rings. The molecule has 0 unspecified atom stereocenters. The Morgan fingerprint density at radius 1 is 1.07 bits per heavy atom. The van der Waals surface area contributed by atoms with Crippen LogP contribution < -0.4 is 15.4 Å². The van der Waals surface area contributed by atoms with Gasteiger partial charge in [-0.2, -0.15) is 10.2 Å². The molecular weight excluding hydrogens is 358 g/mol. The number of aryl methyl sites for hydroxylation is 1. The summed E-state index contributed by atoms with van der Waals surface area (Å²) in [6, 6.07) is 1.36. The van der Waals surface area contributed by atoms with Crippen LogP contribution in [-0.2, 0) is 13.6 Å². The molecule has 3 aromatic heterocycles. The maximum atomic E-state index is 12.4. The molecule has 0 bridgehead atoms. The fourth-order valence-electron chi connectivity index (χ4n) is 3.24. The summed E-state index contributed by atoms with van der Waals surface area (Å²) in [4.78, 5) is 24.8. The van der Waals surface area contributed by atoms with Crippen molar-refractivity contribution < 1.29 is 8.78 Å². The van der Waals surface area contributed by atoms with E-state index in [2.05, 4.69) is 25.1 Å². The number of rotatable bonds is 4. The first kappa shape index (κ1) is 17.3. The number of fused-ring (bicyclic) bond motifs is 1. The number of nitrogens with zero attached hydrogens (tertiary/aromatic N) is 8. The van der Waals surface area contributed by atoms with Crippen molar-refractivity contribution in [3.05, 3.63) is 35.1 Å². The van der Waals surface area contributed by atoms with Crippen LogP contribution in [0.3, 0.4) is 0 Å². The summed E-state index contributed by atoms with van der Waals surface area (Å²) in [5.74, 6) is 0.832. The SMILES string of the molecule is Cn1ncc2c(N3CCN(c4cnn(CC(F)F)c(=O)c4)CC3)ncnc21. The van der Waals surface area contributed by atoms with Crippen LogP contribution >= 0.6 is 0 Å². The van der Waals surface area contributed by atoms with Gasteiger partial charge in [-0.15, -0.1) is 0 Å². The second kappa shape index (κ2) is 6.89. The van der Waals surface area contributed by atoms with Gasteiger partial charge < -0.3 is 9.80 Å². The van der Waals surface area contributed by atoms with Crippen molar-refractivity contribution in [3.63, 3.8) is 0 Å². The van der Waals surface area contributed by atoms with Gasteiger partial charge in [-0.3, -0.25) is 9.48 Å². The molecule has 27 heavy (non-hydrogen) atoms. The van der Waals surface area contributed by atoms with E-state index in [1.807, 2.05) is 11.9 Å². The molecule has 3 aromatic rings. The lowest BCUT2D eigenvalue weighted by atomic mass is 10.2. The Morgan fingerprint density at radius 3 is 2.52 bits per heavy atom. The highest BCUT2D eigenvalue weighted by atomic mass is 19.3. The fraction of sp³-hybridized carbons (Fsp3) is 0.438. The van der Waals surface area contributed by atoms with Crippen molar-refractivity contribution in [1.29, 1.82) is 0 Å². The Labute approximate surface area is 152 Å². The maximum absolute atomic E-state index is 12.4. The van der Waals surface area contributed by atoms with E-state index in [0.29, 0.717) is 31.9 Å². The molecule has 0 spiro atoms. The Hall–Kier alpha value is -3.11. The van der Waals surface area contributed by atoms with Crippen molar-refractivity contribution >= 4 is 22.5 Å². The summed E-state index contributed by atoms with van der Waals surface area (Å²) in [6.45, 7) is 2.02. The van der Waals surface area contributed by atoms with E-state index < -0.39 is 18.5 Å². The smallest absolute Gasteiger partial charge is 0.269 e. The summed E-state index contributed by atoms with van der Waals surface area (Å²) >= 11 is 0. The highest BCUT2D eigenvalue weighted by molar-refractivity contribution is 5.86. The van der Waals surface area contributed by atoms with Crippen LogP contribution in [0.15, 0.2) is 29.6 Å². The third-order valence-electron chi connectivity index (χ3n) is 4.62. The number of hydrogen-bond acceptors (Lipinski definition) is 7. The van der Waals surface area contributed by atoms with E-state index in [9.17, 15) is 13.6 Å². The van der Waals surface area contributed by atoms with Gasteiger partial charge in [-0.1, -0.05) is 0 Å². The molecule has 0 N–H and O–H groups in total. The van der Waals surface area contributed by atoms with Gasteiger partial charge in [0.15, 0.2) is 5.65 Å². The van der Waals surface area contributed by atoms with Crippen LogP contribution in [0, 0.1) is 0 Å². The van der Waals surface area contributed by atoms with Gasteiger partial charge in [0.05, 0.1) is 23.5 Å². The third-order valence-corrected chi connectivity index (χ3v) is 4.62. The van der Waals surface area contributed by atoms with Crippen molar-refractivity contribution in [1.82, 2.24) is 29.5 Å². The highest BCUT2D eigenvalue weighted by Crippen LogP contribution is 2.24. The second-order valence-electron chi connectivity index (χ2n) is 6.30. The Balaban J connectivity index is 1.49. The summed E-state index contributed by atoms with van der Waals surface area (Å²) in [5.41, 5.74) is 0.886. The van der Waals surface area contributed by atoms with Gasteiger partial charge in [-0.25, -0.2) is 23.4 Å². The zero-order valence-electron chi connectivity index (χ0n) is 14.7. The lowest BCUT2D eigenvalue weighted by Crippen LogP contribution is -2.47. The van der Waals surface area contributed by atoms with Gasteiger partial charge in [-0.05, 0) is 0 Å². The number of alkyl halides is 2. The molecule has 1 aliphatic rings. The van der Waals surface area contributed by atoms with Gasteiger partial charge in [0.1, 0.15) is 18.7 Å². The number of halogens is 2. The van der Waals surface area contributed by atoms with E-state index in [0.717, 1.165) is 21.5 Å². The average Bonchev–Trinajstić information content (AvgIpc) is 3.04. The van der Waals surface area contributed by atoms with Crippen molar-refractivity contribution in [2.45, 2.75) is 13.0 Å². The Morgan fingerprint density at radius 2 is 1.81 bits per heavy atom. The lowest BCUT2D eigenvalue weighted by molar-refractivity contribution is 0.119. The third kappa shape index (κ3) is 3.32. The van der Waals surface area contributed by atoms with E-state index in [1.54, 1.807) is 10.9 Å². The van der Waals surface area contributed by atoms with Gasteiger partial charge >= 0.3 is 0 Å². The predicted molar refractivity (Wildman–Crippen MR) is 95.2 cm³/mol. The van der Waals surface area contributed by atoms with Crippen molar-refractivity contribution in [2.24, 2.45) is 7.05 Å². The molecule has 0 saturated carbocycles. The molecule has 1 saturated heterocycles. The number of piperazine rings is 1. The number of hydrogen-bond donors (Lipinski definition) is 0. The van der Waals surface area contributed by atoms with Crippen LogP contribution in [0.5, 0.6) is 0 Å². The first-order valence-electron chi connectivity index (χ1n) is 8.51. The lowest BCUT2D eigenvalue weighted by Gasteiger charge is -2.36. The molecule has 4 heterocycles. The zero-order chi connectivity index (χ0) is 19.0. The topological polar surface area (TPSA) is 85.0 Å². The van der Waals surface area contributed by atoms with Crippen LogP contribution in [0.1, 0.15) is 0 Å². The molecule has 9 nitrogen and oxygen atoms in total. The quantitative estimate of drug-likeness (QED) is 0.656. The van der Waals surface area contributed by atoms with Crippen LogP contribution in [0.2, 0.25) is 0 Å². The minimum Gasteiger partial charge on any atom is -0.367 e. The van der Waals surface area contributed by atoms with Crippen LogP contribution in [0.4, 0.5) is 20.3 Å². The normalized spacial score (nSPS) is 15.1. The predicted octanol–water partition coefficient (Wildman–Crippen LogP) is 0.512. The minimum absolute atomic E-state index is 0.525. The van der Waals surface area contributed by atoms with Crippen LogP contribution in [0.25, 0.3) is 11.0 Å². The summed E-state index contributed by atoms with van der Waals surface area (Å²) < 4.78 is 27.4. The standard InChI is InChI=1S/C16H18F2N8O/c1-23-15-12(8-21-23)16(20-10-19-15)25-4-2-24(3-5-25)11-6-14(27)26(22-7-11)9-13(17)18/h6-8,10,13H,2-5,9H2,1H3. The van der Waals surface area contributed by atoms with Crippen molar-refractivity contribution in [2.75, 3.05) is 36.0 Å². The molecule has 142 valence electrons. The summed E-state index contributed by atoms with van der Waals surface area (Å²) in [7, 11) is 1.83.